The summed E-state index contributed by atoms with van der Waals surface area (Å²) in [7, 11) is -3.69. The second-order valence-corrected chi connectivity index (χ2v) is 6.40. The molecule has 0 saturated carbocycles. The molecule has 0 bridgehead atoms. The third-order valence-electron chi connectivity index (χ3n) is 3.09. The number of benzene rings is 1. The summed E-state index contributed by atoms with van der Waals surface area (Å²) in [6, 6.07) is 2.39. The van der Waals surface area contributed by atoms with Crippen LogP contribution in [0.1, 0.15) is 18.4 Å². The fourth-order valence-electron chi connectivity index (χ4n) is 2.01. The van der Waals surface area contributed by atoms with E-state index in [0.29, 0.717) is 6.61 Å². The predicted molar refractivity (Wildman–Crippen MR) is 69.7 cm³/mol. The molecule has 7 heteroatoms. The maximum atomic E-state index is 13.4. The second-order valence-electron chi connectivity index (χ2n) is 4.63. The number of nitrogen functional groups attached to an aromatic ring is 1. The predicted octanol–water partition coefficient (Wildman–Crippen LogP) is 1.17. The first-order valence-electron chi connectivity index (χ1n) is 6.07. The minimum absolute atomic E-state index is 0.0260. The van der Waals surface area contributed by atoms with Gasteiger partial charge in [-0.3, -0.25) is 0 Å². The van der Waals surface area contributed by atoms with E-state index in [4.69, 9.17) is 10.5 Å². The Bertz CT molecular complexity index is 545. The van der Waals surface area contributed by atoms with Crippen molar-refractivity contribution in [3.63, 3.8) is 0 Å². The van der Waals surface area contributed by atoms with Gasteiger partial charge in [0.25, 0.3) is 0 Å². The highest BCUT2D eigenvalue weighted by molar-refractivity contribution is 7.89. The summed E-state index contributed by atoms with van der Waals surface area (Å²) in [6.07, 6.45) is 1.69. The number of sulfonamides is 1. The summed E-state index contributed by atoms with van der Waals surface area (Å²) in [4.78, 5) is -0.0260. The Hall–Kier alpha value is -1.18. The monoisotopic (exact) mass is 288 g/mol. The molecule has 5 nitrogen and oxygen atoms in total. The van der Waals surface area contributed by atoms with E-state index in [2.05, 4.69) is 4.72 Å². The van der Waals surface area contributed by atoms with E-state index < -0.39 is 15.8 Å². The van der Waals surface area contributed by atoms with Crippen LogP contribution < -0.4 is 10.5 Å². The molecule has 1 atom stereocenters. The van der Waals surface area contributed by atoms with Gasteiger partial charge in [-0.05, 0) is 37.5 Å². The number of halogens is 1. The minimum Gasteiger partial charge on any atom is -0.396 e. The molecule has 3 N–H and O–H groups in total. The summed E-state index contributed by atoms with van der Waals surface area (Å²) in [6.45, 7) is 2.36. The largest absolute Gasteiger partial charge is 0.396 e. The maximum absolute atomic E-state index is 13.4. The first-order valence-corrected chi connectivity index (χ1v) is 7.55. The zero-order valence-corrected chi connectivity index (χ0v) is 11.5. The molecule has 19 heavy (non-hydrogen) atoms. The molecule has 2 rings (SSSR count). The van der Waals surface area contributed by atoms with Gasteiger partial charge < -0.3 is 10.5 Å². The Morgan fingerprint density at radius 3 is 2.84 bits per heavy atom. The van der Waals surface area contributed by atoms with Gasteiger partial charge in [0.2, 0.25) is 10.0 Å². The van der Waals surface area contributed by atoms with Crippen molar-refractivity contribution in [3.8, 4) is 0 Å². The van der Waals surface area contributed by atoms with Crippen molar-refractivity contribution < 1.29 is 17.5 Å². The van der Waals surface area contributed by atoms with E-state index in [1.807, 2.05) is 0 Å². The molecule has 0 aromatic heterocycles. The number of anilines is 1. The van der Waals surface area contributed by atoms with Crippen molar-refractivity contribution in [1.82, 2.24) is 4.72 Å². The quantitative estimate of drug-likeness (QED) is 0.815. The zero-order chi connectivity index (χ0) is 14.0. The lowest BCUT2D eigenvalue weighted by atomic mass is 10.2. The number of aryl methyl sites for hydroxylation is 1. The lowest BCUT2D eigenvalue weighted by Gasteiger charge is -2.12. The fourth-order valence-corrected chi connectivity index (χ4v) is 3.20. The van der Waals surface area contributed by atoms with Gasteiger partial charge in [-0.2, -0.15) is 0 Å². The molecule has 106 valence electrons. The average Bonchev–Trinajstić information content (AvgIpc) is 2.86. The normalized spacial score (nSPS) is 19.8. The van der Waals surface area contributed by atoms with Gasteiger partial charge in [0, 0.05) is 13.2 Å². The number of hydrogen-bond acceptors (Lipinski definition) is 4. The number of nitrogens with one attached hydrogen (secondary N) is 1. The first-order chi connectivity index (χ1) is 8.90. The van der Waals surface area contributed by atoms with Crippen LogP contribution in [0.5, 0.6) is 0 Å². The average molecular weight is 288 g/mol. The fraction of sp³-hybridized carbons (Fsp3) is 0.500. The third-order valence-corrected chi connectivity index (χ3v) is 4.49. The van der Waals surface area contributed by atoms with Crippen molar-refractivity contribution >= 4 is 15.7 Å². The van der Waals surface area contributed by atoms with Gasteiger partial charge in [0.1, 0.15) is 5.82 Å². The third kappa shape index (κ3) is 3.23. The van der Waals surface area contributed by atoms with E-state index in [1.165, 1.54) is 13.0 Å². The standard InChI is InChI=1S/C12H17FN2O3S/c1-8-5-10(6-11(14)12(8)13)19(16,17)15-7-9-3-2-4-18-9/h5-6,9,15H,2-4,7,14H2,1H3. The van der Waals surface area contributed by atoms with Crippen LogP contribution in [0.2, 0.25) is 0 Å². The van der Waals surface area contributed by atoms with Crippen LogP contribution in [0.25, 0.3) is 0 Å². The summed E-state index contributed by atoms with van der Waals surface area (Å²) in [5.41, 5.74) is 5.48. The molecule has 1 aliphatic rings. The Kier molecular flexibility index (Phi) is 4.07. The van der Waals surface area contributed by atoms with Gasteiger partial charge in [-0.25, -0.2) is 17.5 Å². The molecule has 0 radical (unpaired) electrons. The summed E-state index contributed by atoms with van der Waals surface area (Å²) in [5, 5.41) is 0. The maximum Gasteiger partial charge on any atom is 0.240 e. The van der Waals surface area contributed by atoms with Crippen LogP contribution in [-0.4, -0.2) is 27.7 Å². The summed E-state index contributed by atoms with van der Waals surface area (Å²) in [5.74, 6) is -0.585. The molecule has 1 aromatic rings. The number of rotatable bonds is 4. The van der Waals surface area contributed by atoms with Crippen LogP contribution >= 0.6 is 0 Å². The molecule has 0 aliphatic carbocycles. The Morgan fingerprint density at radius 1 is 1.53 bits per heavy atom. The summed E-state index contributed by atoms with van der Waals surface area (Å²) < 4.78 is 45.3. The highest BCUT2D eigenvalue weighted by Crippen LogP contribution is 2.21. The molecule has 1 unspecified atom stereocenters. The molecule has 1 fully saturated rings. The Balaban J connectivity index is 2.14. The van der Waals surface area contributed by atoms with Crippen molar-refractivity contribution in [1.29, 1.82) is 0 Å². The molecule has 0 amide bonds. The van der Waals surface area contributed by atoms with Gasteiger partial charge >= 0.3 is 0 Å². The van der Waals surface area contributed by atoms with Crippen LogP contribution in [0, 0.1) is 12.7 Å². The summed E-state index contributed by atoms with van der Waals surface area (Å²) >= 11 is 0. The Labute approximate surface area is 112 Å². The molecule has 1 heterocycles. The van der Waals surface area contributed by atoms with Crippen molar-refractivity contribution in [2.45, 2.75) is 30.8 Å². The molecular formula is C12H17FN2O3S. The smallest absolute Gasteiger partial charge is 0.240 e. The Morgan fingerprint density at radius 2 is 2.26 bits per heavy atom. The van der Waals surface area contributed by atoms with Gasteiger partial charge in [0.15, 0.2) is 0 Å². The first kappa shape index (κ1) is 14.2. The molecule has 1 saturated heterocycles. The topological polar surface area (TPSA) is 81.4 Å². The van der Waals surface area contributed by atoms with E-state index in [1.54, 1.807) is 0 Å². The number of ether oxygens (including phenoxy) is 1. The zero-order valence-electron chi connectivity index (χ0n) is 10.6. The highest BCUT2D eigenvalue weighted by atomic mass is 32.2. The highest BCUT2D eigenvalue weighted by Gasteiger charge is 2.21. The van der Waals surface area contributed by atoms with E-state index in [0.717, 1.165) is 18.9 Å². The molecular weight excluding hydrogens is 271 g/mol. The van der Waals surface area contributed by atoms with Gasteiger partial charge in [-0.1, -0.05) is 0 Å². The van der Waals surface area contributed by atoms with Crippen LogP contribution in [0.4, 0.5) is 10.1 Å². The molecule has 1 aromatic carbocycles. The molecule has 1 aliphatic heterocycles. The number of hydrogen-bond donors (Lipinski definition) is 2. The van der Waals surface area contributed by atoms with Crippen molar-refractivity contribution in [2.75, 3.05) is 18.9 Å². The lowest BCUT2D eigenvalue weighted by molar-refractivity contribution is 0.114. The molecule has 0 spiro atoms. The minimum atomic E-state index is -3.69. The van der Waals surface area contributed by atoms with Gasteiger partial charge in [-0.15, -0.1) is 0 Å². The van der Waals surface area contributed by atoms with Crippen LogP contribution in [0.3, 0.4) is 0 Å². The SMILES string of the molecule is Cc1cc(S(=O)(=O)NCC2CCCO2)cc(N)c1F. The van der Waals surface area contributed by atoms with Crippen molar-refractivity contribution in [2.24, 2.45) is 0 Å². The van der Waals surface area contributed by atoms with E-state index in [-0.39, 0.29) is 28.8 Å². The van der Waals surface area contributed by atoms with Crippen LogP contribution in [-0.2, 0) is 14.8 Å². The second kappa shape index (κ2) is 5.44. The van der Waals surface area contributed by atoms with E-state index in [9.17, 15) is 12.8 Å². The number of nitrogens with two attached hydrogens (primary N) is 1. The van der Waals surface area contributed by atoms with Gasteiger partial charge in [0.05, 0.1) is 16.7 Å². The van der Waals surface area contributed by atoms with Crippen LogP contribution in [0.15, 0.2) is 17.0 Å². The lowest BCUT2D eigenvalue weighted by Crippen LogP contribution is -2.32. The van der Waals surface area contributed by atoms with E-state index >= 15 is 0 Å². The van der Waals surface area contributed by atoms with Crippen molar-refractivity contribution in [3.05, 3.63) is 23.5 Å².